The Balaban J connectivity index is 2.86. The number of nitrogens with zero attached hydrogens (tertiary/aromatic N) is 2. The molecule has 1 rings (SSSR count). The average molecular weight is 255 g/mol. The Labute approximate surface area is 105 Å². The fraction of sp³-hybridized carbons (Fsp3) is 0.583. The molecule has 0 saturated heterocycles. The molecule has 18 heavy (non-hydrogen) atoms. The highest BCUT2D eigenvalue weighted by Gasteiger charge is 2.34. The van der Waals surface area contributed by atoms with Gasteiger partial charge in [0.25, 0.3) is 0 Å². The van der Waals surface area contributed by atoms with Gasteiger partial charge in [0.15, 0.2) is 11.6 Å². The van der Waals surface area contributed by atoms with Crippen molar-refractivity contribution < 1.29 is 14.3 Å². The summed E-state index contributed by atoms with van der Waals surface area (Å²) in [5, 5.41) is 12.0. The molecule has 0 saturated carbocycles. The molecule has 0 aromatic carbocycles. The monoisotopic (exact) mass is 255 g/mol. The van der Waals surface area contributed by atoms with Crippen LogP contribution in [-0.4, -0.2) is 27.6 Å². The molecule has 0 radical (unpaired) electrons. The molecule has 1 heterocycles. The maximum absolute atomic E-state index is 13.7. The normalized spacial score (nSPS) is 11.3. The number of aryl methyl sites for hydroxylation is 1. The first-order valence-corrected chi connectivity index (χ1v) is 5.91. The number of hydrogen-bond acceptors (Lipinski definition) is 4. The van der Waals surface area contributed by atoms with Crippen molar-refractivity contribution >= 4 is 11.8 Å². The lowest BCUT2D eigenvalue weighted by molar-refractivity contribution is -0.148. The van der Waals surface area contributed by atoms with E-state index in [9.17, 15) is 14.3 Å². The molecule has 0 aliphatic rings. The van der Waals surface area contributed by atoms with Crippen LogP contribution in [0.1, 0.15) is 32.4 Å². The van der Waals surface area contributed by atoms with Crippen LogP contribution in [0.3, 0.4) is 0 Å². The molecule has 0 unspecified atom stereocenters. The minimum atomic E-state index is -0.898. The van der Waals surface area contributed by atoms with E-state index in [1.54, 1.807) is 13.8 Å². The summed E-state index contributed by atoms with van der Waals surface area (Å²) in [5.41, 5.74) is -0.660. The quantitative estimate of drug-likeness (QED) is 0.815. The van der Waals surface area contributed by atoms with Crippen LogP contribution >= 0.6 is 0 Å². The van der Waals surface area contributed by atoms with Crippen LogP contribution in [0.4, 0.5) is 10.2 Å². The number of rotatable bonds is 6. The van der Waals surface area contributed by atoms with Gasteiger partial charge in [-0.1, -0.05) is 13.8 Å². The standard InChI is InChI=1S/C12H18FN3O2/c1-4-12(5-2,11(17)18)6-14-10-9(13)8(3)15-7-16-10/h7H,4-6H2,1-3H3,(H,17,18)(H,14,15,16). The van der Waals surface area contributed by atoms with Gasteiger partial charge >= 0.3 is 5.97 Å². The van der Waals surface area contributed by atoms with E-state index < -0.39 is 17.2 Å². The highest BCUT2D eigenvalue weighted by atomic mass is 19.1. The van der Waals surface area contributed by atoms with Crippen molar-refractivity contribution in [2.24, 2.45) is 5.41 Å². The van der Waals surface area contributed by atoms with Crippen molar-refractivity contribution in [3.05, 3.63) is 17.8 Å². The van der Waals surface area contributed by atoms with E-state index in [1.165, 1.54) is 13.3 Å². The lowest BCUT2D eigenvalue weighted by Crippen LogP contribution is -2.37. The minimum absolute atomic E-state index is 0.0509. The minimum Gasteiger partial charge on any atom is -0.481 e. The van der Waals surface area contributed by atoms with Crippen LogP contribution in [-0.2, 0) is 4.79 Å². The zero-order valence-electron chi connectivity index (χ0n) is 10.8. The second-order valence-electron chi connectivity index (χ2n) is 4.27. The molecule has 5 nitrogen and oxygen atoms in total. The Morgan fingerprint density at radius 1 is 1.44 bits per heavy atom. The number of carboxylic acids is 1. The summed E-state index contributed by atoms with van der Waals surface area (Å²) in [6.07, 6.45) is 2.19. The van der Waals surface area contributed by atoms with Crippen LogP contribution in [0, 0.1) is 18.2 Å². The smallest absolute Gasteiger partial charge is 0.311 e. The maximum atomic E-state index is 13.7. The summed E-state index contributed by atoms with van der Waals surface area (Å²) in [7, 11) is 0. The molecular weight excluding hydrogens is 237 g/mol. The molecule has 2 N–H and O–H groups in total. The molecular formula is C12H18FN3O2. The van der Waals surface area contributed by atoms with Gasteiger partial charge in [0.05, 0.1) is 11.1 Å². The van der Waals surface area contributed by atoms with Crippen LogP contribution in [0.15, 0.2) is 6.33 Å². The number of carbonyl (C=O) groups is 1. The number of hydrogen-bond donors (Lipinski definition) is 2. The molecule has 100 valence electrons. The highest BCUT2D eigenvalue weighted by Crippen LogP contribution is 2.27. The Morgan fingerprint density at radius 3 is 2.56 bits per heavy atom. The van der Waals surface area contributed by atoms with Gasteiger partial charge in [-0.3, -0.25) is 4.79 Å². The molecule has 0 fully saturated rings. The van der Waals surface area contributed by atoms with Gasteiger partial charge in [0, 0.05) is 6.54 Å². The topological polar surface area (TPSA) is 75.1 Å². The Bertz CT molecular complexity index is 433. The lowest BCUT2D eigenvalue weighted by atomic mass is 9.82. The van der Waals surface area contributed by atoms with Crippen LogP contribution < -0.4 is 5.32 Å². The Hall–Kier alpha value is -1.72. The number of halogens is 1. The van der Waals surface area contributed by atoms with Crippen molar-refractivity contribution in [2.45, 2.75) is 33.6 Å². The van der Waals surface area contributed by atoms with Gasteiger partial charge < -0.3 is 10.4 Å². The summed E-state index contributed by atoms with van der Waals surface area (Å²) >= 11 is 0. The third-order valence-corrected chi connectivity index (χ3v) is 3.37. The first kappa shape index (κ1) is 14.3. The third kappa shape index (κ3) is 2.75. The molecule has 0 amide bonds. The van der Waals surface area contributed by atoms with Crippen molar-refractivity contribution in [1.82, 2.24) is 9.97 Å². The SMILES string of the molecule is CCC(CC)(CNc1ncnc(C)c1F)C(=O)O. The predicted molar refractivity (Wildman–Crippen MR) is 65.9 cm³/mol. The van der Waals surface area contributed by atoms with E-state index in [2.05, 4.69) is 15.3 Å². The molecule has 0 aliphatic heterocycles. The molecule has 0 aliphatic carbocycles. The third-order valence-electron chi connectivity index (χ3n) is 3.37. The number of anilines is 1. The van der Waals surface area contributed by atoms with E-state index >= 15 is 0 Å². The molecule has 6 heteroatoms. The van der Waals surface area contributed by atoms with Crippen LogP contribution in [0.2, 0.25) is 0 Å². The predicted octanol–water partition coefficient (Wildman–Crippen LogP) is 2.23. The second kappa shape index (κ2) is 5.75. The Morgan fingerprint density at radius 2 is 2.06 bits per heavy atom. The van der Waals surface area contributed by atoms with E-state index in [0.29, 0.717) is 12.8 Å². The average Bonchev–Trinajstić information content (AvgIpc) is 2.35. The van der Waals surface area contributed by atoms with Crippen LogP contribution in [0.25, 0.3) is 0 Å². The lowest BCUT2D eigenvalue weighted by Gasteiger charge is -2.27. The fourth-order valence-electron chi connectivity index (χ4n) is 1.71. The number of carboxylic acid groups (broad SMARTS) is 1. The van der Waals surface area contributed by atoms with Gasteiger partial charge in [-0.15, -0.1) is 0 Å². The van der Waals surface area contributed by atoms with Crippen molar-refractivity contribution in [3.63, 3.8) is 0 Å². The molecule has 0 bridgehead atoms. The number of aromatic nitrogens is 2. The summed E-state index contributed by atoms with van der Waals surface area (Å²) in [6.45, 7) is 5.29. The summed E-state index contributed by atoms with van der Waals surface area (Å²) in [6, 6.07) is 0. The van der Waals surface area contributed by atoms with Gasteiger partial charge in [-0.05, 0) is 19.8 Å². The van der Waals surface area contributed by atoms with Crippen LogP contribution in [0.5, 0.6) is 0 Å². The van der Waals surface area contributed by atoms with E-state index in [-0.39, 0.29) is 18.1 Å². The summed E-state index contributed by atoms with van der Waals surface area (Å²) < 4.78 is 13.7. The summed E-state index contributed by atoms with van der Waals surface area (Å²) in [5.74, 6) is -1.37. The summed E-state index contributed by atoms with van der Waals surface area (Å²) in [4.78, 5) is 18.8. The fourth-order valence-corrected chi connectivity index (χ4v) is 1.71. The van der Waals surface area contributed by atoms with Crippen molar-refractivity contribution in [1.29, 1.82) is 0 Å². The van der Waals surface area contributed by atoms with Gasteiger partial charge in [-0.2, -0.15) is 0 Å². The van der Waals surface area contributed by atoms with E-state index in [1.807, 2.05) is 0 Å². The molecule has 1 aromatic rings. The Kier molecular flexibility index (Phi) is 4.58. The zero-order chi connectivity index (χ0) is 13.8. The van der Waals surface area contributed by atoms with E-state index in [4.69, 9.17) is 0 Å². The molecule has 0 spiro atoms. The zero-order valence-corrected chi connectivity index (χ0v) is 10.8. The highest BCUT2D eigenvalue weighted by molar-refractivity contribution is 5.75. The number of nitrogens with one attached hydrogen (secondary N) is 1. The first-order valence-electron chi connectivity index (χ1n) is 5.91. The number of aliphatic carboxylic acids is 1. The molecule has 1 aromatic heterocycles. The van der Waals surface area contributed by atoms with Gasteiger partial charge in [0.1, 0.15) is 6.33 Å². The van der Waals surface area contributed by atoms with Crippen molar-refractivity contribution in [3.8, 4) is 0 Å². The van der Waals surface area contributed by atoms with Crippen molar-refractivity contribution in [2.75, 3.05) is 11.9 Å². The van der Waals surface area contributed by atoms with Gasteiger partial charge in [0.2, 0.25) is 0 Å². The largest absolute Gasteiger partial charge is 0.481 e. The van der Waals surface area contributed by atoms with Gasteiger partial charge in [-0.25, -0.2) is 14.4 Å². The maximum Gasteiger partial charge on any atom is 0.311 e. The molecule has 0 atom stereocenters. The second-order valence-corrected chi connectivity index (χ2v) is 4.27. The first-order chi connectivity index (χ1) is 8.46. The van der Waals surface area contributed by atoms with E-state index in [0.717, 1.165) is 0 Å².